The third-order valence-corrected chi connectivity index (χ3v) is 4.84. The summed E-state index contributed by atoms with van der Waals surface area (Å²) >= 11 is 3.71. The second-order valence-electron chi connectivity index (χ2n) is 6.63. The minimum atomic E-state index is 0.422. The van der Waals surface area contributed by atoms with E-state index >= 15 is 0 Å². The minimum absolute atomic E-state index is 0.422. The van der Waals surface area contributed by atoms with Crippen molar-refractivity contribution in [2.45, 2.75) is 33.2 Å². The van der Waals surface area contributed by atoms with Crippen LogP contribution in [0.25, 0.3) is 0 Å². The number of hydrogen-bond donors (Lipinski definition) is 1. The Balaban J connectivity index is 1.98. The lowest BCUT2D eigenvalue weighted by molar-refractivity contribution is 0.199. The van der Waals surface area contributed by atoms with Crippen LogP contribution in [0.5, 0.6) is 0 Å². The highest BCUT2D eigenvalue weighted by Crippen LogP contribution is 2.33. The molecule has 1 aromatic rings. The maximum Gasteiger partial charge on any atom is 0.0587 e. The molecule has 1 aromatic carbocycles. The van der Waals surface area contributed by atoms with E-state index in [1.165, 1.54) is 35.1 Å². The molecule has 0 saturated carbocycles. The van der Waals surface area contributed by atoms with Gasteiger partial charge in [0.1, 0.15) is 0 Å². The average Bonchev–Trinajstić information content (AvgIpc) is 2.44. The SMILES string of the molecule is COCCNCc1ccc(N2CCCC(C)(C)C2)cc1Br. The lowest BCUT2D eigenvalue weighted by Gasteiger charge is -2.39. The van der Waals surface area contributed by atoms with Crippen molar-refractivity contribution in [1.29, 1.82) is 0 Å². The van der Waals surface area contributed by atoms with Gasteiger partial charge < -0.3 is 15.0 Å². The number of nitrogens with one attached hydrogen (secondary N) is 1. The first-order valence-electron chi connectivity index (χ1n) is 7.75. The summed E-state index contributed by atoms with van der Waals surface area (Å²) in [7, 11) is 1.73. The number of anilines is 1. The molecule has 0 atom stereocenters. The zero-order valence-electron chi connectivity index (χ0n) is 13.4. The van der Waals surface area contributed by atoms with Gasteiger partial charge in [0.15, 0.2) is 0 Å². The largest absolute Gasteiger partial charge is 0.383 e. The van der Waals surface area contributed by atoms with Gasteiger partial charge in [0.25, 0.3) is 0 Å². The van der Waals surface area contributed by atoms with Crippen molar-refractivity contribution in [3.05, 3.63) is 28.2 Å². The zero-order valence-corrected chi connectivity index (χ0v) is 15.0. The standard InChI is InChI=1S/C17H27BrN2O/c1-17(2)7-4-9-20(13-17)15-6-5-14(16(18)11-15)12-19-8-10-21-3/h5-6,11,19H,4,7-10,12-13H2,1-3H3. The quantitative estimate of drug-likeness (QED) is 0.786. The number of nitrogens with zero attached hydrogens (tertiary/aromatic N) is 1. The summed E-state index contributed by atoms with van der Waals surface area (Å²) in [6.07, 6.45) is 2.61. The Kier molecular flexibility index (Phi) is 6.08. The van der Waals surface area contributed by atoms with Crippen molar-refractivity contribution in [1.82, 2.24) is 5.32 Å². The number of halogens is 1. The molecular weight excluding hydrogens is 328 g/mol. The van der Waals surface area contributed by atoms with E-state index in [0.29, 0.717) is 5.41 Å². The summed E-state index contributed by atoms with van der Waals surface area (Å²) in [5.41, 5.74) is 3.05. The lowest BCUT2D eigenvalue weighted by atomic mass is 9.84. The van der Waals surface area contributed by atoms with Crippen molar-refractivity contribution in [2.24, 2.45) is 5.41 Å². The Labute approximate surface area is 137 Å². The highest BCUT2D eigenvalue weighted by Gasteiger charge is 2.26. The van der Waals surface area contributed by atoms with Gasteiger partial charge in [0.2, 0.25) is 0 Å². The molecule has 4 heteroatoms. The molecule has 0 spiro atoms. The molecule has 21 heavy (non-hydrogen) atoms. The van der Waals surface area contributed by atoms with Crippen LogP contribution >= 0.6 is 15.9 Å². The van der Waals surface area contributed by atoms with Crippen LogP contribution in [0, 0.1) is 5.41 Å². The summed E-state index contributed by atoms with van der Waals surface area (Å²) in [6.45, 7) is 9.54. The van der Waals surface area contributed by atoms with Crippen LogP contribution in [0.3, 0.4) is 0 Å². The van der Waals surface area contributed by atoms with Gasteiger partial charge in [0.05, 0.1) is 6.61 Å². The van der Waals surface area contributed by atoms with Crippen LogP contribution < -0.4 is 10.2 Å². The highest BCUT2D eigenvalue weighted by atomic mass is 79.9. The number of benzene rings is 1. The molecule has 0 aromatic heterocycles. The summed E-state index contributed by atoms with van der Waals surface area (Å²) in [4.78, 5) is 2.51. The first-order valence-corrected chi connectivity index (χ1v) is 8.54. The molecule has 0 amide bonds. The van der Waals surface area contributed by atoms with Gasteiger partial charge in [-0.05, 0) is 36.0 Å². The monoisotopic (exact) mass is 354 g/mol. The molecule has 1 aliphatic rings. The Bertz CT molecular complexity index is 462. The first kappa shape index (κ1) is 16.8. The predicted octanol–water partition coefficient (Wildman–Crippen LogP) is 3.81. The van der Waals surface area contributed by atoms with E-state index < -0.39 is 0 Å². The predicted molar refractivity (Wildman–Crippen MR) is 93.0 cm³/mol. The fourth-order valence-corrected chi connectivity index (χ4v) is 3.42. The van der Waals surface area contributed by atoms with Crippen LogP contribution in [0.2, 0.25) is 0 Å². The fourth-order valence-electron chi connectivity index (χ4n) is 2.92. The van der Waals surface area contributed by atoms with E-state index in [1.807, 2.05) is 0 Å². The van der Waals surface area contributed by atoms with E-state index in [-0.39, 0.29) is 0 Å². The van der Waals surface area contributed by atoms with Crippen LogP contribution in [0.15, 0.2) is 22.7 Å². The fraction of sp³-hybridized carbons (Fsp3) is 0.647. The highest BCUT2D eigenvalue weighted by molar-refractivity contribution is 9.10. The Morgan fingerprint density at radius 1 is 1.38 bits per heavy atom. The molecule has 1 saturated heterocycles. The smallest absolute Gasteiger partial charge is 0.0587 e. The first-order chi connectivity index (χ1) is 10.0. The van der Waals surface area contributed by atoms with Crippen LogP contribution in [0.4, 0.5) is 5.69 Å². The van der Waals surface area contributed by atoms with Gasteiger partial charge in [-0.1, -0.05) is 35.8 Å². The van der Waals surface area contributed by atoms with Crippen LogP contribution in [0.1, 0.15) is 32.3 Å². The molecule has 118 valence electrons. The van der Waals surface area contributed by atoms with Gasteiger partial charge in [-0.3, -0.25) is 0 Å². The Hall–Kier alpha value is -0.580. The second kappa shape index (κ2) is 7.61. The van der Waals surface area contributed by atoms with Gasteiger partial charge in [-0.2, -0.15) is 0 Å². The second-order valence-corrected chi connectivity index (χ2v) is 7.49. The minimum Gasteiger partial charge on any atom is -0.383 e. The Morgan fingerprint density at radius 3 is 2.86 bits per heavy atom. The maximum atomic E-state index is 5.05. The molecule has 1 fully saturated rings. The molecule has 0 aliphatic carbocycles. The third-order valence-electron chi connectivity index (χ3n) is 4.10. The van der Waals surface area contributed by atoms with E-state index in [1.54, 1.807) is 7.11 Å². The molecule has 2 rings (SSSR count). The van der Waals surface area contributed by atoms with Gasteiger partial charge in [-0.15, -0.1) is 0 Å². The summed E-state index contributed by atoms with van der Waals surface area (Å²) < 4.78 is 6.24. The van der Waals surface area contributed by atoms with Crippen LogP contribution in [-0.4, -0.2) is 33.4 Å². The molecule has 3 nitrogen and oxygen atoms in total. The van der Waals surface area contributed by atoms with E-state index in [9.17, 15) is 0 Å². The zero-order chi connectivity index (χ0) is 15.3. The molecule has 1 aliphatic heterocycles. The van der Waals surface area contributed by atoms with Gasteiger partial charge in [-0.25, -0.2) is 0 Å². The van der Waals surface area contributed by atoms with Crippen molar-refractivity contribution in [2.75, 3.05) is 38.3 Å². The molecular formula is C17H27BrN2O. The number of rotatable bonds is 6. The number of ether oxygens (including phenoxy) is 1. The van der Waals surface area contributed by atoms with Crippen molar-refractivity contribution in [3.63, 3.8) is 0 Å². The third kappa shape index (κ3) is 4.97. The molecule has 0 unspecified atom stereocenters. The van der Waals surface area contributed by atoms with E-state index in [4.69, 9.17) is 4.74 Å². The number of piperidine rings is 1. The van der Waals surface area contributed by atoms with Crippen molar-refractivity contribution in [3.8, 4) is 0 Å². The summed E-state index contributed by atoms with van der Waals surface area (Å²) in [5.74, 6) is 0. The van der Waals surface area contributed by atoms with Crippen LogP contribution in [-0.2, 0) is 11.3 Å². The molecule has 0 bridgehead atoms. The number of methoxy groups -OCH3 is 1. The average molecular weight is 355 g/mol. The van der Waals surface area contributed by atoms with Crippen molar-refractivity contribution >= 4 is 21.6 Å². The number of hydrogen-bond acceptors (Lipinski definition) is 3. The molecule has 1 heterocycles. The van der Waals surface area contributed by atoms with Gasteiger partial charge >= 0.3 is 0 Å². The van der Waals surface area contributed by atoms with E-state index in [0.717, 1.165) is 26.2 Å². The topological polar surface area (TPSA) is 24.5 Å². The van der Waals surface area contributed by atoms with E-state index in [2.05, 4.69) is 58.2 Å². The van der Waals surface area contributed by atoms with Crippen molar-refractivity contribution < 1.29 is 4.74 Å². The summed E-state index contributed by atoms with van der Waals surface area (Å²) in [6, 6.07) is 6.73. The molecule has 0 radical (unpaired) electrons. The Morgan fingerprint density at radius 2 is 2.19 bits per heavy atom. The maximum absolute atomic E-state index is 5.05. The summed E-state index contributed by atoms with van der Waals surface area (Å²) in [5, 5.41) is 3.39. The van der Waals surface area contributed by atoms with Gasteiger partial charge in [0, 0.05) is 43.4 Å². The normalized spacial score (nSPS) is 18.0. The molecule has 1 N–H and O–H groups in total. The lowest BCUT2D eigenvalue weighted by Crippen LogP contribution is -2.40.